The summed E-state index contributed by atoms with van der Waals surface area (Å²) in [6.45, 7) is 5.97. The molecule has 1 aliphatic heterocycles. The van der Waals surface area contributed by atoms with Crippen LogP contribution in [0.25, 0.3) is 0 Å². The molecule has 2 aromatic carbocycles. The van der Waals surface area contributed by atoms with Crippen molar-refractivity contribution in [2.24, 2.45) is 0 Å². The van der Waals surface area contributed by atoms with Crippen molar-refractivity contribution in [3.8, 4) is 0 Å². The van der Waals surface area contributed by atoms with Gasteiger partial charge in [0, 0.05) is 42.6 Å². The van der Waals surface area contributed by atoms with Crippen molar-refractivity contribution in [3.05, 3.63) is 59.1 Å². The summed E-state index contributed by atoms with van der Waals surface area (Å²) in [7, 11) is 0. The number of amides is 1. The number of halogens is 1. The van der Waals surface area contributed by atoms with Gasteiger partial charge in [-0.1, -0.05) is 35.9 Å². The van der Waals surface area contributed by atoms with E-state index < -0.39 is 0 Å². The van der Waals surface area contributed by atoms with Crippen LogP contribution in [0.4, 0.5) is 11.4 Å². The van der Waals surface area contributed by atoms with Crippen LogP contribution in [0.3, 0.4) is 0 Å². The minimum atomic E-state index is 0.00790. The Balaban J connectivity index is 1.51. The number of para-hydroxylation sites is 1. The average Bonchev–Trinajstić information content (AvgIpc) is 2.60. The van der Waals surface area contributed by atoms with Gasteiger partial charge in [-0.25, -0.2) is 0 Å². The van der Waals surface area contributed by atoms with Gasteiger partial charge >= 0.3 is 0 Å². The highest BCUT2D eigenvalue weighted by molar-refractivity contribution is 6.31. The van der Waals surface area contributed by atoms with E-state index in [0.717, 1.165) is 37.4 Å². The van der Waals surface area contributed by atoms with E-state index in [0.29, 0.717) is 11.6 Å². The minimum Gasteiger partial charge on any atom is -0.369 e. The predicted molar refractivity (Wildman–Crippen MR) is 99.9 cm³/mol. The van der Waals surface area contributed by atoms with Gasteiger partial charge in [0.2, 0.25) is 5.91 Å². The van der Waals surface area contributed by atoms with Crippen LogP contribution in [0.2, 0.25) is 5.02 Å². The minimum absolute atomic E-state index is 0.00790. The second-order valence-electron chi connectivity index (χ2n) is 6.06. The molecule has 4 nitrogen and oxygen atoms in total. The van der Waals surface area contributed by atoms with Crippen molar-refractivity contribution < 1.29 is 4.79 Å². The maximum absolute atomic E-state index is 12.3. The van der Waals surface area contributed by atoms with Crippen molar-refractivity contribution >= 4 is 28.9 Å². The van der Waals surface area contributed by atoms with Crippen molar-refractivity contribution in [3.63, 3.8) is 0 Å². The number of anilines is 2. The smallest absolute Gasteiger partial charge is 0.238 e. The summed E-state index contributed by atoms with van der Waals surface area (Å²) < 4.78 is 0. The average molecular weight is 344 g/mol. The molecule has 0 unspecified atom stereocenters. The standard InChI is InChI=1S/C19H22ClN3O/c1-15-17(20)8-5-9-18(15)21-19(24)14-22-10-12-23(13-11-22)16-6-3-2-4-7-16/h2-9H,10-14H2,1H3,(H,21,24). The first kappa shape index (κ1) is 16.8. The zero-order valence-corrected chi connectivity index (χ0v) is 14.6. The molecule has 2 aromatic rings. The highest BCUT2D eigenvalue weighted by Gasteiger charge is 2.19. The zero-order valence-electron chi connectivity index (χ0n) is 13.8. The van der Waals surface area contributed by atoms with Gasteiger partial charge < -0.3 is 10.2 Å². The fourth-order valence-corrected chi connectivity index (χ4v) is 3.11. The number of nitrogens with one attached hydrogen (secondary N) is 1. The van der Waals surface area contributed by atoms with Crippen molar-refractivity contribution in [2.45, 2.75) is 6.92 Å². The normalized spacial score (nSPS) is 15.3. The topological polar surface area (TPSA) is 35.6 Å². The summed E-state index contributed by atoms with van der Waals surface area (Å²) in [6, 6.07) is 16.0. The SMILES string of the molecule is Cc1c(Cl)cccc1NC(=O)CN1CCN(c2ccccc2)CC1. The van der Waals surface area contributed by atoms with Gasteiger partial charge in [-0.3, -0.25) is 9.69 Å². The Morgan fingerprint density at radius 2 is 1.75 bits per heavy atom. The molecule has 1 fully saturated rings. The number of carbonyl (C=O) groups is 1. The number of piperazine rings is 1. The molecule has 0 saturated carbocycles. The second kappa shape index (κ2) is 7.69. The zero-order chi connectivity index (χ0) is 16.9. The highest BCUT2D eigenvalue weighted by Crippen LogP contribution is 2.23. The third-order valence-electron chi connectivity index (χ3n) is 4.40. The van der Waals surface area contributed by atoms with Crippen LogP contribution >= 0.6 is 11.6 Å². The molecule has 0 radical (unpaired) electrons. The molecule has 5 heteroatoms. The maximum Gasteiger partial charge on any atom is 0.238 e. The molecule has 1 amide bonds. The van der Waals surface area contributed by atoms with Crippen LogP contribution < -0.4 is 10.2 Å². The number of nitrogens with zero attached hydrogens (tertiary/aromatic N) is 2. The summed E-state index contributed by atoms with van der Waals surface area (Å²) in [5.74, 6) is 0.00790. The molecule has 0 spiro atoms. The van der Waals surface area contributed by atoms with Crippen LogP contribution in [0.1, 0.15) is 5.56 Å². The molecule has 0 bridgehead atoms. The lowest BCUT2D eigenvalue weighted by Gasteiger charge is -2.35. The Kier molecular flexibility index (Phi) is 5.38. The lowest BCUT2D eigenvalue weighted by Crippen LogP contribution is -2.48. The Morgan fingerprint density at radius 3 is 2.46 bits per heavy atom. The molecule has 0 aliphatic carbocycles. The van der Waals surface area contributed by atoms with Gasteiger partial charge in [0.1, 0.15) is 0 Å². The third kappa shape index (κ3) is 4.08. The maximum atomic E-state index is 12.3. The summed E-state index contributed by atoms with van der Waals surface area (Å²) in [5, 5.41) is 3.63. The molecule has 24 heavy (non-hydrogen) atoms. The van der Waals surface area contributed by atoms with E-state index >= 15 is 0 Å². The number of carbonyl (C=O) groups excluding carboxylic acids is 1. The van der Waals surface area contributed by atoms with E-state index in [9.17, 15) is 4.79 Å². The largest absolute Gasteiger partial charge is 0.369 e. The van der Waals surface area contributed by atoms with Crippen molar-refractivity contribution in [1.82, 2.24) is 4.90 Å². The molecule has 1 aliphatic rings. The first-order chi connectivity index (χ1) is 11.6. The monoisotopic (exact) mass is 343 g/mol. The Labute approximate surface area is 148 Å². The molecule has 1 N–H and O–H groups in total. The second-order valence-corrected chi connectivity index (χ2v) is 6.47. The van der Waals surface area contributed by atoms with Gasteiger partial charge in [0.25, 0.3) is 0 Å². The lowest BCUT2D eigenvalue weighted by atomic mass is 10.2. The Hall–Kier alpha value is -2.04. The van der Waals surface area contributed by atoms with Crippen LogP contribution in [0.5, 0.6) is 0 Å². The summed E-state index contributed by atoms with van der Waals surface area (Å²) in [6.07, 6.45) is 0. The van der Waals surface area contributed by atoms with E-state index in [2.05, 4.69) is 39.4 Å². The first-order valence-electron chi connectivity index (χ1n) is 8.21. The van der Waals surface area contributed by atoms with E-state index in [1.165, 1.54) is 5.69 Å². The molecule has 126 valence electrons. The lowest BCUT2D eigenvalue weighted by molar-refractivity contribution is -0.117. The van der Waals surface area contributed by atoms with Gasteiger partial charge in [0.05, 0.1) is 6.54 Å². The summed E-state index contributed by atoms with van der Waals surface area (Å²) in [5.41, 5.74) is 2.94. The van der Waals surface area contributed by atoms with E-state index in [4.69, 9.17) is 11.6 Å². The molecule has 3 rings (SSSR count). The quantitative estimate of drug-likeness (QED) is 0.924. The van der Waals surface area contributed by atoms with Gasteiger partial charge in [-0.05, 0) is 36.8 Å². The molecule has 1 heterocycles. The molecular weight excluding hydrogens is 322 g/mol. The first-order valence-corrected chi connectivity index (χ1v) is 8.58. The third-order valence-corrected chi connectivity index (χ3v) is 4.81. The number of hydrogen-bond acceptors (Lipinski definition) is 3. The summed E-state index contributed by atoms with van der Waals surface area (Å²) >= 11 is 6.10. The number of hydrogen-bond donors (Lipinski definition) is 1. The molecular formula is C19H22ClN3O. The van der Waals surface area contributed by atoms with Gasteiger partial charge in [-0.15, -0.1) is 0 Å². The predicted octanol–water partition coefficient (Wildman–Crippen LogP) is 3.41. The number of benzene rings is 2. The van der Waals surface area contributed by atoms with E-state index in [-0.39, 0.29) is 5.91 Å². The van der Waals surface area contributed by atoms with Crippen molar-refractivity contribution in [1.29, 1.82) is 0 Å². The van der Waals surface area contributed by atoms with Gasteiger partial charge in [-0.2, -0.15) is 0 Å². The van der Waals surface area contributed by atoms with Crippen LogP contribution in [0.15, 0.2) is 48.5 Å². The van der Waals surface area contributed by atoms with Gasteiger partial charge in [0.15, 0.2) is 0 Å². The Morgan fingerprint density at radius 1 is 1.04 bits per heavy atom. The highest BCUT2D eigenvalue weighted by atomic mass is 35.5. The summed E-state index contributed by atoms with van der Waals surface area (Å²) in [4.78, 5) is 16.8. The van der Waals surface area contributed by atoms with Crippen LogP contribution in [0, 0.1) is 6.92 Å². The fraction of sp³-hybridized carbons (Fsp3) is 0.316. The number of rotatable bonds is 4. The fourth-order valence-electron chi connectivity index (χ4n) is 2.94. The Bertz CT molecular complexity index is 697. The van der Waals surface area contributed by atoms with E-state index in [1.54, 1.807) is 0 Å². The molecule has 0 aromatic heterocycles. The van der Waals surface area contributed by atoms with Crippen LogP contribution in [-0.4, -0.2) is 43.5 Å². The van der Waals surface area contributed by atoms with Crippen LogP contribution in [-0.2, 0) is 4.79 Å². The van der Waals surface area contributed by atoms with E-state index in [1.807, 2.05) is 31.2 Å². The molecule has 0 atom stereocenters. The molecule has 1 saturated heterocycles. The van der Waals surface area contributed by atoms with Crippen molar-refractivity contribution in [2.75, 3.05) is 42.9 Å².